The molecule has 106 valence electrons. The molecule has 1 N–H and O–H groups in total. The molecule has 2 fully saturated rings. The number of carbonyl (C=O) groups excluding carboxylic acids is 2. The number of fused-ring (bicyclic) bond motifs is 1. The van der Waals surface area contributed by atoms with Gasteiger partial charge in [-0.15, -0.1) is 0 Å². The van der Waals surface area contributed by atoms with Crippen LogP contribution < -0.4 is 10.2 Å². The molecule has 1 aliphatic heterocycles. The second kappa shape index (κ2) is 4.93. The van der Waals surface area contributed by atoms with Gasteiger partial charge in [0, 0.05) is 18.7 Å². The lowest BCUT2D eigenvalue weighted by molar-refractivity contribution is -0.125. The first-order valence-corrected chi connectivity index (χ1v) is 7.22. The minimum Gasteiger partial charge on any atom is -0.344 e. The third kappa shape index (κ3) is 2.09. The highest BCUT2D eigenvalue weighted by Gasteiger charge is 2.48. The van der Waals surface area contributed by atoms with Crippen molar-refractivity contribution in [1.29, 1.82) is 0 Å². The van der Waals surface area contributed by atoms with E-state index in [4.69, 9.17) is 0 Å². The number of aryl methyl sites for hydroxylation is 1. The summed E-state index contributed by atoms with van der Waals surface area (Å²) < 4.78 is 0. The largest absolute Gasteiger partial charge is 0.344 e. The third-order valence-corrected chi connectivity index (χ3v) is 4.62. The van der Waals surface area contributed by atoms with Crippen LogP contribution in [0.3, 0.4) is 0 Å². The fourth-order valence-electron chi connectivity index (χ4n) is 3.50. The van der Waals surface area contributed by atoms with Crippen molar-refractivity contribution in [3.05, 3.63) is 29.8 Å². The molecule has 1 heterocycles. The maximum Gasteiger partial charge on any atom is 0.249 e. The van der Waals surface area contributed by atoms with Gasteiger partial charge in [-0.05, 0) is 43.4 Å². The molecule has 1 aromatic rings. The van der Waals surface area contributed by atoms with E-state index in [0.29, 0.717) is 0 Å². The van der Waals surface area contributed by atoms with Crippen molar-refractivity contribution in [3.63, 3.8) is 0 Å². The molecule has 20 heavy (non-hydrogen) atoms. The van der Waals surface area contributed by atoms with Crippen molar-refractivity contribution in [2.45, 2.75) is 32.2 Å². The van der Waals surface area contributed by atoms with E-state index < -0.39 is 0 Å². The van der Waals surface area contributed by atoms with Crippen LogP contribution in [0, 0.1) is 18.8 Å². The minimum absolute atomic E-state index is 0.00153. The monoisotopic (exact) mass is 272 g/mol. The fraction of sp³-hybridized carbons (Fsp3) is 0.500. The van der Waals surface area contributed by atoms with Crippen LogP contribution in [0.4, 0.5) is 5.69 Å². The van der Waals surface area contributed by atoms with E-state index >= 15 is 0 Å². The van der Waals surface area contributed by atoms with E-state index in [1.807, 2.05) is 31.2 Å². The first-order valence-electron chi connectivity index (χ1n) is 7.22. The molecular weight excluding hydrogens is 252 g/mol. The van der Waals surface area contributed by atoms with Crippen molar-refractivity contribution in [1.82, 2.24) is 5.32 Å². The Morgan fingerprint density at radius 1 is 1.35 bits per heavy atom. The average molecular weight is 272 g/mol. The Labute approximate surface area is 119 Å². The molecular formula is C16H20N2O2. The SMILES string of the molecule is Cc1cccc(N(C)C(=O)C2NC(=O)C3CCCC32)c1. The third-order valence-electron chi connectivity index (χ3n) is 4.62. The highest BCUT2D eigenvalue weighted by atomic mass is 16.2. The molecule has 1 saturated carbocycles. The topological polar surface area (TPSA) is 49.4 Å². The normalized spacial score (nSPS) is 28.1. The lowest BCUT2D eigenvalue weighted by Gasteiger charge is -2.24. The Bertz CT molecular complexity index is 555. The van der Waals surface area contributed by atoms with Crippen molar-refractivity contribution in [2.75, 3.05) is 11.9 Å². The van der Waals surface area contributed by atoms with Crippen molar-refractivity contribution in [3.8, 4) is 0 Å². The highest BCUT2D eigenvalue weighted by molar-refractivity contribution is 6.01. The first kappa shape index (κ1) is 13.2. The highest BCUT2D eigenvalue weighted by Crippen LogP contribution is 2.39. The Balaban J connectivity index is 1.80. The summed E-state index contributed by atoms with van der Waals surface area (Å²) in [6.45, 7) is 2.01. The fourth-order valence-corrected chi connectivity index (χ4v) is 3.50. The van der Waals surface area contributed by atoms with Crippen molar-refractivity contribution < 1.29 is 9.59 Å². The summed E-state index contributed by atoms with van der Waals surface area (Å²) in [6, 6.07) is 7.52. The molecule has 3 rings (SSSR count). The van der Waals surface area contributed by atoms with E-state index in [-0.39, 0.29) is 29.7 Å². The van der Waals surface area contributed by atoms with Gasteiger partial charge in [-0.25, -0.2) is 0 Å². The van der Waals surface area contributed by atoms with Crippen LogP contribution in [0.25, 0.3) is 0 Å². The number of anilines is 1. The molecule has 4 nitrogen and oxygen atoms in total. The molecule has 2 amide bonds. The number of benzene rings is 1. The van der Waals surface area contributed by atoms with Crippen LogP contribution in [-0.2, 0) is 9.59 Å². The molecule has 1 aliphatic carbocycles. The maximum absolute atomic E-state index is 12.7. The van der Waals surface area contributed by atoms with Gasteiger partial charge in [-0.1, -0.05) is 18.6 Å². The van der Waals surface area contributed by atoms with Gasteiger partial charge >= 0.3 is 0 Å². The van der Waals surface area contributed by atoms with Gasteiger partial charge in [0.1, 0.15) is 6.04 Å². The maximum atomic E-state index is 12.7. The van der Waals surface area contributed by atoms with Crippen LogP contribution in [0.5, 0.6) is 0 Å². The summed E-state index contributed by atoms with van der Waals surface area (Å²) in [5.74, 6) is 0.291. The zero-order valence-electron chi connectivity index (χ0n) is 11.9. The van der Waals surface area contributed by atoms with Gasteiger partial charge < -0.3 is 10.2 Å². The van der Waals surface area contributed by atoms with Gasteiger partial charge in [0.05, 0.1) is 0 Å². The number of amides is 2. The molecule has 1 aromatic carbocycles. The molecule has 0 aromatic heterocycles. The number of hydrogen-bond donors (Lipinski definition) is 1. The zero-order chi connectivity index (χ0) is 14.3. The van der Waals surface area contributed by atoms with Crippen LogP contribution >= 0.6 is 0 Å². The molecule has 1 saturated heterocycles. The number of hydrogen-bond acceptors (Lipinski definition) is 2. The van der Waals surface area contributed by atoms with Gasteiger partial charge in [-0.3, -0.25) is 9.59 Å². The summed E-state index contributed by atoms with van der Waals surface area (Å²) in [7, 11) is 1.78. The summed E-state index contributed by atoms with van der Waals surface area (Å²) in [6.07, 6.45) is 2.95. The Morgan fingerprint density at radius 2 is 2.15 bits per heavy atom. The number of nitrogens with zero attached hydrogens (tertiary/aromatic N) is 1. The molecule has 3 unspecified atom stereocenters. The Kier molecular flexibility index (Phi) is 3.24. The summed E-state index contributed by atoms with van der Waals surface area (Å²) in [5, 5.41) is 2.89. The van der Waals surface area contributed by atoms with E-state index in [9.17, 15) is 9.59 Å². The van der Waals surface area contributed by atoms with Crippen LogP contribution in [0.2, 0.25) is 0 Å². The second-order valence-corrected chi connectivity index (χ2v) is 5.92. The average Bonchev–Trinajstić information content (AvgIpc) is 3.02. The van der Waals surface area contributed by atoms with E-state index in [1.54, 1.807) is 11.9 Å². The van der Waals surface area contributed by atoms with Crippen LogP contribution in [0.15, 0.2) is 24.3 Å². The van der Waals surface area contributed by atoms with Gasteiger partial charge in [0.2, 0.25) is 11.8 Å². The Hall–Kier alpha value is -1.84. The van der Waals surface area contributed by atoms with Crippen molar-refractivity contribution >= 4 is 17.5 Å². The predicted molar refractivity (Wildman–Crippen MR) is 77.4 cm³/mol. The standard InChI is InChI=1S/C16H20N2O2/c1-10-5-3-6-11(9-10)18(2)16(20)14-12-7-4-8-13(12)15(19)17-14/h3,5-6,9,12-14H,4,7-8H2,1-2H3,(H,17,19). The molecule has 0 spiro atoms. The lowest BCUT2D eigenvalue weighted by atomic mass is 9.93. The summed E-state index contributed by atoms with van der Waals surface area (Å²) in [5.41, 5.74) is 2.00. The van der Waals surface area contributed by atoms with Crippen molar-refractivity contribution in [2.24, 2.45) is 11.8 Å². The summed E-state index contributed by atoms with van der Waals surface area (Å²) in [4.78, 5) is 26.2. The number of likely N-dealkylation sites (N-methyl/N-ethyl adjacent to an activating group) is 1. The lowest BCUT2D eigenvalue weighted by Crippen LogP contribution is -2.45. The van der Waals surface area contributed by atoms with Gasteiger partial charge in [0.25, 0.3) is 0 Å². The molecule has 0 bridgehead atoms. The van der Waals surface area contributed by atoms with Crippen LogP contribution in [0.1, 0.15) is 24.8 Å². The van der Waals surface area contributed by atoms with E-state index in [0.717, 1.165) is 30.5 Å². The first-order chi connectivity index (χ1) is 9.58. The van der Waals surface area contributed by atoms with E-state index in [1.165, 1.54) is 0 Å². The summed E-state index contributed by atoms with van der Waals surface area (Å²) >= 11 is 0. The van der Waals surface area contributed by atoms with Gasteiger partial charge in [-0.2, -0.15) is 0 Å². The quantitative estimate of drug-likeness (QED) is 0.893. The second-order valence-electron chi connectivity index (χ2n) is 5.92. The van der Waals surface area contributed by atoms with Gasteiger partial charge in [0.15, 0.2) is 0 Å². The number of carbonyl (C=O) groups is 2. The zero-order valence-corrected chi connectivity index (χ0v) is 11.9. The molecule has 4 heteroatoms. The van der Waals surface area contributed by atoms with Crippen LogP contribution in [-0.4, -0.2) is 24.9 Å². The smallest absolute Gasteiger partial charge is 0.249 e. The molecule has 3 atom stereocenters. The number of nitrogens with one attached hydrogen (secondary N) is 1. The molecule has 2 aliphatic rings. The number of rotatable bonds is 2. The minimum atomic E-state index is -0.347. The molecule has 0 radical (unpaired) electrons. The van der Waals surface area contributed by atoms with E-state index in [2.05, 4.69) is 5.32 Å². The predicted octanol–water partition coefficient (Wildman–Crippen LogP) is 1.87. The Morgan fingerprint density at radius 3 is 2.90 bits per heavy atom.